The van der Waals surface area contributed by atoms with Gasteiger partial charge in [-0.1, -0.05) is 81.1 Å². The lowest BCUT2D eigenvalue weighted by atomic mass is 9.30. The Balaban J connectivity index is 1.64. The minimum absolute atomic E-state index is 0.633. The monoisotopic (exact) mass is 412 g/mol. The first-order valence-electron chi connectivity index (χ1n) is 14.3. The summed E-state index contributed by atoms with van der Waals surface area (Å²) in [6, 6.07) is 0. The van der Waals surface area contributed by atoms with Crippen LogP contribution in [-0.2, 0) is 0 Å². The van der Waals surface area contributed by atoms with Crippen molar-refractivity contribution in [1.29, 1.82) is 0 Å². The first kappa shape index (κ1) is 21.8. The van der Waals surface area contributed by atoms with E-state index >= 15 is 0 Å². The smallest absolute Gasteiger partial charge is 0.0150 e. The van der Waals surface area contributed by atoms with Gasteiger partial charge in [0.05, 0.1) is 0 Å². The standard InChI is InChI=1S/C30H52/c1-9-12-13-18(6)14-26-21(10-2)23-16-24-25-15-22-19(7)20(8)30(17(4)5,28(22)25)29(26,11-3)27(23)24/h17-28H,9-16H2,1-8H3. The summed E-state index contributed by atoms with van der Waals surface area (Å²) >= 11 is 0. The summed E-state index contributed by atoms with van der Waals surface area (Å²) in [7, 11) is 0. The molecule has 0 amide bonds. The second-order valence-electron chi connectivity index (χ2n) is 13.5. The zero-order chi connectivity index (χ0) is 21.6. The Bertz CT molecular complexity index is 648. The van der Waals surface area contributed by atoms with Crippen molar-refractivity contribution in [3.63, 3.8) is 0 Å². The van der Waals surface area contributed by atoms with Crippen LogP contribution >= 0.6 is 0 Å². The molecular weight excluding hydrogens is 360 g/mol. The molecule has 5 fully saturated rings. The van der Waals surface area contributed by atoms with Gasteiger partial charge in [0.15, 0.2) is 0 Å². The number of rotatable bonds is 8. The van der Waals surface area contributed by atoms with Gasteiger partial charge in [-0.25, -0.2) is 0 Å². The molecule has 13 unspecified atom stereocenters. The highest BCUT2D eigenvalue weighted by Crippen LogP contribution is 2.88. The van der Waals surface area contributed by atoms with Crippen LogP contribution in [0.15, 0.2) is 0 Å². The van der Waals surface area contributed by atoms with Gasteiger partial charge >= 0.3 is 0 Å². The van der Waals surface area contributed by atoms with Gasteiger partial charge in [0.1, 0.15) is 0 Å². The van der Waals surface area contributed by atoms with Crippen molar-refractivity contribution in [3.8, 4) is 0 Å². The maximum Gasteiger partial charge on any atom is -0.0150 e. The fraction of sp³-hybridized carbons (Fsp3) is 1.00. The molecule has 0 heteroatoms. The first-order valence-corrected chi connectivity index (χ1v) is 14.3. The van der Waals surface area contributed by atoms with Gasteiger partial charge in [0, 0.05) is 0 Å². The van der Waals surface area contributed by atoms with Crippen LogP contribution < -0.4 is 0 Å². The quantitative estimate of drug-likeness (QED) is 0.374. The van der Waals surface area contributed by atoms with Crippen molar-refractivity contribution >= 4 is 0 Å². The highest BCUT2D eigenvalue weighted by atomic mass is 14.9. The van der Waals surface area contributed by atoms with Gasteiger partial charge in [-0.05, 0) is 108 Å². The fourth-order valence-electron chi connectivity index (χ4n) is 12.5. The third-order valence-electron chi connectivity index (χ3n) is 13.1. The molecule has 5 rings (SSSR count). The maximum absolute atomic E-state index is 2.74. The Morgan fingerprint density at radius 3 is 2.13 bits per heavy atom. The summed E-state index contributed by atoms with van der Waals surface area (Å²) in [4.78, 5) is 0. The minimum Gasteiger partial charge on any atom is -0.0654 e. The van der Waals surface area contributed by atoms with Gasteiger partial charge in [-0.3, -0.25) is 0 Å². The summed E-state index contributed by atoms with van der Waals surface area (Å²) in [6.45, 7) is 21.0. The molecule has 0 aromatic heterocycles. The summed E-state index contributed by atoms with van der Waals surface area (Å²) < 4.78 is 0. The van der Waals surface area contributed by atoms with Crippen molar-refractivity contribution in [3.05, 3.63) is 0 Å². The molecule has 0 bridgehead atoms. The third kappa shape index (κ3) is 2.21. The lowest BCUT2D eigenvalue weighted by molar-refractivity contribution is -0.268. The van der Waals surface area contributed by atoms with E-state index in [1.165, 1.54) is 32.1 Å². The van der Waals surface area contributed by atoms with E-state index in [1.54, 1.807) is 19.3 Å². The van der Waals surface area contributed by atoms with Crippen LogP contribution in [0.2, 0.25) is 0 Å². The number of hydrogen-bond acceptors (Lipinski definition) is 0. The van der Waals surface area contributed by atoms with Gasteiger partial charge in [-0.2, -0.15) is 0 Å². The van der Waals surface area contributed by atoms with Crippen molar-refractivity contribution < 1.29 is 0 Å². The zero-order valence-electron chi connectivity index (χ0n) is 21.6. The van der Waals surface area contributed by atoms with Crippen LogP contribution in [-0.4, -0.2) is 0 Å². The molecule has 0 heterocycles. The highest BCUT2D eigenvalue weighted by Gasteiger charge is 2.83. The van der Waals surface area contributed by atoms with Gasteiger partial charge < -0.3 is 0 Å². The molecule has 0 N–H and O–H groups in total. The molecule has 30 heavy (non-hydrogen) atoms. The van der Waals surface area contributed by atoms with Crippen LogP contribution in [0.5, 0.6) is 0 Å². The Morgan fingerprint density at radius 1 is 0.867 bits per heavy atom. The van der Waals surface area contributed by atoms with Crippen LogP contribution in [0.4, 0.5) is 0 Å². The highest BCUT2D eigenvalue weighted by molar-refractivity contribution is 5.31. The van der Waals surface area contributed by atoms with Crippen LogP contribution in [0, 0.1) is 81.8 Å². The van der Waals surface area contributed by atoms with E-state index in [9.17, 15) is 0 Å². The third-order valence-corrected chi connectivity index (χ3v) is 13.1. The number of hydrogen-bond donors (Lipinski definition) is 0. The Morgan fingerprint density at radius 2 is 1.53 bits per heavy atom. The van der Waals surface area contributed by atoms with Gasteiger partial charge in [0.25, 0.3) is 0 Å². The lowest BCUT2D eigenvalue weighted by Gasteiger charge is -2.74. The fourth-order valence-corrected chi connectivity index (χ4v) is 12.5. The molecule has 5 aliphatic rings. The molecule has 0 radical (unpaired) electrons. The molecule has 0 aromatic rings. The van der Waals surface area contributed by atoms with Crippen molar-refractivity contribution in [2.45, 2.75) is 107 Å². The molecule has 0 nitrogen and oxygen atoms in total. The van der Waals surface area contributed by atoms with E-state index in [1.807, 2.05) is 0 Å². The largest absolute Gasteiger partial charge is 0.0654 e. The normalized spacial score (nSPS) is 56.3. The summed E-state index contributed by atoms with van der Waals surface area (Å²) in [5.74, 6) is 12.3. The molecule has 5 aliphatic carbocycles. The Hall–Kier alpha value is 0. The predicted octanol–water partition coefficient (Wildman–Crippen LogP) is 8.70. The predicted molar refractivity (Wildman–Crippen MR) is 129 cm³/mol. The van der Waals surface area contributed by atoms with Crippen molar-refractivity contribution in [1.82, 2.24) is 0 Å². The van der Waals surface area contributed by atoms with Gasteiger partial charge in [0.2, 0.25) is 0 Å². The maximum atomic E-state index is 2.74. The molecule has 0 saturated heterocycles. The summed E-state index contributed by atoms with van der Waals surface area (Å²) in [5, 5.41) is 0. The van der Waals surface area contributed by atoms with Crippen LogP contribution in [0.3, 0.4) is 0 Å². The van der Waals surface area contributed by atoms with E-state index in [-0.39, 0.29) is 0 Å². The average molecular weight is 413 g/mol. The van der Waals surface area contributed by atoms with E-state index in [0.717, 1.165) is 71.0 Å². The molecule has 0 aliphatic heterocycles. The molecule has 0 spiro atoms. The van der Waals surface area contributed by atoms with Crippen LogP contribution in [0.1, 0.15) is 107 Å². The molecule has 0 aromatic carbocycles. The Labute approximate surface area is 188 Å². The molecular formula is C30H52. The second-order valence-corrected chi connectivity index (χ2v) is 13.5. The topological polar surface area (TPSA) is 0 Å². The van der Waals surface area contributed by atoms with Crippen LogP contribution in [0.25, 0.3) is 0 Å². The van der Waals surface area contributed by atoms with Crippen molar-refractivity contribution in [2.75, 3.05) is 0 Å². The lowest BCUT2D eigenvalue weighted by Crippen LogP contribution is -2.69. The average Bonchev–Trinajstić information content (AvgIpc) is 3.01. The van der Waals surface area contributed by atoms with Crippen molar-refractivity contribution in [2.24, 2.45) is 81.8 Å². The van der Waals surface area contributed by atoms with E-state index < -0.39 is 0 Å². The van der Waals surface area contributed by atoms with E-state index in [2.05, 4.69) is 55.4 Å². The first-order chi connectivity index (χ1) is 14.3. The van der Waals surface area contributed by atoms with E-state index in [4.69, 9.17) is 0 Å². The molecule has 172 valence electrons. The molecule has 13 atom stereocenters. The number of unbranched alkanes of at least 4 members (excludes halogenated alkanes) is 1. The zero-order valence-corrected chi connectivity index (χ0v) is 21.6. The Kier molecular flexibility index (Phi) is 5.27. The number of fused-ring (bicyclic) bond motifs is 2. The molecule has 5 saturated carbocycles. The summed E-state index contributed by atoms with van der Waals surface area (Å²) in [5.41, 5.74) is 1.29. The SMILES string of the molecule is CCCCC(C)CC1C(CC)C2CC3C4CC5C(C)C(C)C(C(C)C)(C54)C1(CC)C23. The second kappa shape index (κ2) is 7.25. The van der Waals surface area contributed by atoms with Gasteiger partial charge in [-0.15, -0.1) is 0 Å². The summed E-state index contributed by atoms with van der Waals surface area (Å²) in [6.07, 6.45) is 12.0. The minimum atomic E-state index is 0.633. The van der Waals surface area contributed by atoms with E-state index in [0.29, 0.717) is 10.8 Å².